The number of alkyl halides is 1. The third kappa shape index (κ3) is 4.94. The number of aryl methyl sites for hydroxylation is 1. The number of hydrogen-bond donors (Lipinski definition) is 0. The molecule has 0 radical (unpaired) electrons. The molecule has 0 spiro atoms. The minimum Gasteiger partial charge on any atom is -0.120 e. The lowest BCUT2D eigenvalue weighted by molar-refractivity contribution is 0.591. The van der Waals surface area contributed by atoms with Gasteiger partial charge in [0.25, 0.3) is 0 Å². The van der Waals surface area contributed by atoms with Crippen molar-refractivity contribution in [3.63, 3.8) is 0 Å². The Morgan fingerprint density at radius 1 is 1.15 bits per heavy atom. The van der Waals surface area contributed by atoms with Gasteiger partial charge < -0.3 is 0 Å². The first kappa shape index (κ1) is 10.6. The van der Waals surface area contributed by atoms with Gasteiger partial charge in [0, 0.05) is 4.87 Å². The second kappa shape index (κ2) is 4.66. The lowest BCUT2D eigenvalue weighted by Crippen LogP contribution is -2.09. The van der Waals surface area contributed by atoms with Crippen molar-refractivity contribution in [1.29, 1.82) is 0 Å². The predicted octanol–water partition coefficient (Wildman–Crippen LogP) is 4.03. The van der Waals surface area contributed by atoms with Gasteiger partial charge in [0.15, 0.2) is 0 Å². The first-order valence-electron chi connectivity index (χ1n) is 4.81. The van der Waals surface area contributed by atoms with Crippen LogP contribution in [0.25, 0.3) is 0 Å². The maximum Gasteiger partial charge on any atom is 0.0390 e. The van der Waals surface area contributed by atoms with Crippen LogP contribution in [-0.4, -0.2) is 4.87 Å². The van der Waals surface area contributed by atoms with Crippen LogP contribution in [0.1, 0.15) is 32.3 Å². The van der Waals surface area contributed by atoms with Crippen molar-refractivity contribution in [3.05, 3.63) is 35.9 Å². The third-order valence-corrected chi connectivity index (χ3v) is 2.27. The summed E-state index contributed by atoms with van der Waals surface area (Å²) in [6.07, 6.45) is 3.38. The molecule has 1 heteroatoms. The summed E-state index contributed by atoms with van der Waals surface area (Å²) in [5.41, 5.74) is 1.41. The Morgan fingerprint density at radius 3 is 2.31 bits per heavy atom. The molecule has 13 heavy (non-hydrogen) atoms. The van der Waals surface area contributed by atoms with Crippen LogP contribution in [0.3, 0.4) is 0 Å². The molecule has 0 saturated carbocycles. The fourth-order valence-corrected chi connectivity index (χ4v) is 1.49. The maximum absolute atomic E-state index is 6.10. The molecule has 0 aliphatic heterocycles. The van der Waals surface area contributed by atoms with Gasteiger partial charge >= 0.3 is 0 Å². The largest absolute Gasteiger partial charge is 0.120 e. The number of halogens is 1. The molecule has 0 N–H and O–H groups in total. The van der Waals surface area contributed by atoms with E-state index in [9.17, 15) is 0 Å². The molecule has 0 aliphatic rings. The van der Waals surface area contributed by atoms with Gasteiger partial charge in [-0.05, 0) is 38.7 Å². The molecule has 0 nitrogen and oxygen atoms in total. The summed E-state index contributed by atoms with van der Waals surface area (Å²) in [5.74, 6) is 0. The monoisotopic (exact) mass is 196 g/mol. The molecular formula is C12H17Cl. The van der Waals surface area contributed by atoms with Crippen molar-refractivity contribution < 1.29 is 0 Å². The molecule has 0 aromatic heterocycles. The lowest BCUT2D eigenvalue weighted by Gasteiger charge is -2.14. The van der Waals surface area contributed by atoms with Crippen LogP contribution < -0.4 is 0 Å². The van der Waals surface area contributed by atoms with E-state index in [-0.39, 0.29) is 4.87 Å². The minimum absolute atomic E-state index is 0.0468. The summed E-state index contributed by atoms with van der Waals surface area (Å²) in [5, 5.41) is 0. The van der Waals surface area contributed by atoms with Crippen molar-refractivity contribution in [3.8, 4) is 0 Å². The number of rotatable bonds is 4. The van der Waals surface area contributed by atoms with Crippen LogP contribution in [0.5, 0.6) is 0 Å². The van der Waals surface area contributed by atoms with Crippen molar-refractivity contribution in [1.82, 2.24) is 0 Å². The van der Waals surface area contributed by atoms with E-state index >= 15 is 0 Å². The zero-order valence-corrected chi connectivity index (χ0v) is 9.14. The summed E-state index contributed by atoms with van der Waals surface area (Å²) in [6, 6.07) is 10.6. The molecule has 0 aliphatic carbocycles. The van der Waals surface area contributed by atoms with E-state index in [1.165, 1.54) is 12.0 Å². The van der Waals surface area contributed by atoms with Crippen LogP contribution in [0.15, 0.2) is 30.3 Å². The Balaban J connectivity index is 2.29. The van der Waals surface area contributed by atoms with E-state index in [4.69, 9.17) is 11.6 Å². The van der Waals surface area contributed by atoms with Crippen LogP contribution in [0.4, 0.5) is 0 Å². The highest BCUT2D eigenvalue weighted by atomic mass is 35.5. The minimum atomic E-state index is -0.0468. The molecule has 1 aromatic carbocycles. The summed E-state index contributed by atoms with van der Waals surface area (Å²) >= 11 is 6.10. The molecule has 0 bridgehead atoms. The van der Waals surface area contributed by atoms with Crippen LogP contribution in [-0.2, 0) is 6.42 Å². The fraction of sp³-hybridized carbons (Fsp3) is 0.500. The van der Waals surface area contributed by atoms with Gasteiger partial charge in [0.1, 0.15) is 0 Å². The van der Waals surface area contributed by atoms with Crippen molar-refractivity contribution in [2.75, 3.05) is 0 Å². The lowest BCUT2D eigenvalue weighted by atomic mass is 10.0. The average Bonchev–Trinajstić information content (AvgIpc) is 2.04. The van der Waals surface area contributed by atoms with Crippen molar-refractivity contribution in [2.45, 2.75) is 38.0 Å². The molecule has 0 unspecified atom stereocenters. The molecule has 0 heterocycles. The molecule has 0 saturated heterocycles. The highest BCUT2D eigenvalue weighted by Gasteiger charge is 2.11. The van der Waals surface area contributed by atoms with E-state index in [2.05, 4.69) is 44.2 Å². The smallest absolute Gasteiger partial charge is 0.0390 e. The van der Waals surface area contributed by atoms with Gasteiger partial charge in [-0.1, -0.05) is 30.3 Å². The first-order valence-corrected chi connectivity index (χ1v) is 5.18. The predicted molar refractivity (Wildman–Crippen MR) is 59.3 cm³/mol. The Labute approximate surface area is 85.9 Å². The van der Waals surface area contributed by atoms with E-state index in [0.717, 1.165) is 12.8 Å². The Bertz CT molecular complexity index is 233. The van der Waals surface area contributed by atoms with E-state index in [1.54, 1.807) is 0 Å². The normalized spacial score (nSPS) is 11.6. The van der Waals surface area contributed by atoms with Gasteiger partial charge in [0.05, 0.1) is 0 Å². The summed E-state index contributed by atoms with van der Waals surface area (Å²) in [4.78, 5) is -0.0468. The zero-order valence-electron chi connectivity index (χ0n) is 8.39. The second-order valence-electron chi connectivity index (χ2n) is 4.06. The first-order chi connectivity index (χ1) is 6.08. The molecule has 0 atom stereocenters. The highest BCUT2D eigenvalue weighted by molar-refractivity contribution is 6.23. The maximum atomic E-state index is 6.10. The quantitative estimate of drug-likeness (QED) is 0.638. The molecule has 0 amide bonds. The topological polar surface area (TPSA) is 0 Å². The van der Waals surface area contributed by atoms with Crippen LogP contribution in [0, 0.1) is 0 Å². The Kier molecular flexibility index (Phi) is 3.80. The van der Waals surface area contributed by atoms with E-state index in [1.807, 2.05) is 0 Å². The molecule has 1 rings (SSSR count). The molecule has 72 valence electrons. The van der Waals surface area contributed by atoms with Gasteiger partial charge in [-0.3, -0.25) is 0 Å². The SMILES string of the molecule is CC(C)(Cl)CCCc1ccccc1. The standard InChI is InChI=1S/C12H17Cl/c1-12(2,13)10-6-9-11-7-4-3-5-8-11/h3-5,7-8H,6,9-10H2,1-2H3. The van der Waals surface area contributed by atoms with Crippen LogP contribution >= 0.6 is 11.6 Å². The molecule has 0 fully saturated rings. The zero-order chi connectivity index (χ0) is 9.73. The Hall–Kier alpha value is -0.490. The average molecular weight is 197 g/mol. The third-order valence-electron chi connectivity index (χ3n) is 2.08. The van der Waals surface area contributed by atoms with Gasteiger partial charge in [-0.15, -0.1) is 11.6 Å². The molecular weight excluding hydrogens is 180 g/mol. The van der Waals surface area contributed by atoms with Crippen molar-refractivity contribution >= 4 is 11.6 Å². The number of benzene rings is 1. The van der Waals surface area contributed by atoms with Crippen LogP contribution in [0.2, 0.25) is 0 Å². The fourth-order valence-electron chi connectivity index (χ4n) is 1.36. The summed E-state index contributed by atoms with van der Waals surface area (Å²) in [7, 11) is 0. The van der Waals surface area contributed by atoms with E-state index < -0.39 is 0 Å². The highest BCUT2D eigenvalue weighted by Crippen LogP contribution is 2.20. The van der Waals surface area contributed by atoms with Gasteiger partial charge in [0.2, 0.25) is 0 Å². The van der Waals surface area contributed by atoms with Crippen molar-refractivity contribution in [2.24, 2.45) is 0 Å². The van der Waals surface area contributed by atoms with Gasteiger partial charge in [-0.2, -0.15) is 0 Å². The van der Waals surface area contributed by atoms with E-state index in [0.29, 0.717) is 0 Å². The van der Waals surface area contributed by atoms with Gasteiger partial charge in [-0.25, -0.2) is 0 Å². The molecule has 1 aromatic rings. The number of hydrogen-bond acceptors (Lipinski definition) is 0. The summed E-state index contributed by atoms with van der Waals surface area (Å²) in [6.45, 7) is 4.14. The summed E-state index contributed by atoms with van der Waals surface area (Å²) < 4.78 is 0. The Morgan fingerprint density at radius 2 is 1.77 bits per heavy atom. The second-order valence-corrected chi connectivity index (χ2v) is 5.08.